The highest BCUT2D eigenvalue weighted by Gasteiger charge is 2.38. The molecule has 0 bridgehead atoms. The number of halogens is 2. The number of fused-ring (bicyclic) bond motifs is 2. The Morgan fingerprint density at radius 1 is 0.690 bits per heavy atom. The van der Waals surface area contributed by atoms with Crippen molar-refractivity contribution in [1.29, 1.82) is 0 Å². The number of aromatic hydroxyl groups is 2. The van der Waals surface area contributed by atoms with E-state index in [2.05, 4.69) is 0 Å². The molecule has 2 aliphatic rings. The minimum atomic E-state index is -0.732. The lowest BCUT2D eigenvalue weighted by Crippen LogP contribution is -2.27. The van der Waals surface area contributed by atoms with E-state index in [0.717, 1.165) is 27.8 Å². The fourth-order valence-electron chi connectivity index (χ4n) is 6.31. The minimum Gasteiger partial charge on any atom is -0.504 e. The highest BCUT2D eigenvalue weighted by molar-refractivity contribution is 5.83. The summed E-state index contributed by atoms with van der Waals surface area (Å²) < 4.78 is 52.1. The van der Waals surface area contributed by atoms with Gasteiger partial charge in [0, 0.05) is 22.8 Å². The monoisotopic (exact) mass is 574 g/mol. The van der Waals surface area contributed by atoms with E-state index < -0.39 is 12.2 Å². The highest BCUT2D eigenvalue weighted by Crippen LogP contribution is 2.54. The van der Waals surface area contributed by atoms with Crippen LogP contribution >= 0.6 is 0 Å². The van der Waals surface area contributed by atoms with E-state index in [1.165, 1.54) is 24.3 Å². The second kappa shape index (κ2) is 10.9. The molecule has 4 aromatic rings. The molecule has 6 nitrogen and oxygen atoms in total. The van der Waals surface area contributed by atoms with Gasteiger partial charge in [-0.3, -0.25) is 0 Å². The van der Waals surface area contributed by atoms with Crippen molar-refractivity contribution in [2.45, 2.75) is 51.1 Å². The van der Waals surface area contributed by atoms with Crippen molar-refractivity contribution >= 4 is 0 Å². The quantitative estimate of drug-likeness (QED) is 0.246. The molecule has 0 fully saturated rings. The van der Waals surface area contributed by atoms with Crippen LogP contribution in [0.3, 0.4) is 0 Å². The Kier molecular flexibility index (Phi) is 7.29. The molecular weight excluding hydrogens is 542 g/mol. The number of benzene rings is 4. The lowest BCUT2D eigenvalue weighted by Gasteiger charge is -2.36. The summed E-state index contributed by atoms with van der Waals surface area (Å²) in [6, 6.07) is 15.5. The zero-order valence-corrected chi connectivity index (χ0v) is 23.8. The Hall–Kier alpha value is -4.14. The second-order valence-corrected chi connectivity index (χ2v) is 10.9. The van der Waals surface area contributed by atoms with Crippen molar-refractivity contribution in [2.75, 3.05) is 14.2 Å². The molecule has 42 heavy (non-hydrogen) atoms. The van der Waals surface area contributed by atoms with Crippen molar-refractivity contribution < 1.29 is 37.9 Å². The Bertz CT molecular complexity index is 1630. The predicted molar refractivity (Wildman–Crippen MR) is 153 cm³/mol. The molecule has 4 aromatic carbocycles. The maximum Gasteiger partial charge on any atom is 0.164 e. The Morgan fingerprint density at radius 3 is 1.71 bits per heavy atom. The SMILES string of the molecule is COc1cc(OC)c2c(c1-c1cc(O)c(O)c3c1CC(C)O[C@H]3c1ccc(F)cc1)C[C@H](C)O[C@@H]2c1ccc(F)cc1. The largest absolute Gasteiger partial charge is 0.504 e. The van der Waals surface area contributed by atoms with Gasteiger partial charge in [0.25, 0.3) is 0 Å². The van der Waals surface area contributed by atoms with Gasteiger partial charge in [-0.05, 0) is 84.8 Å². The summed E-state index contributed by atoms with van der Waals surface area (Å²) in [5.41, 5.74) is 5.77. The van der Waals surface area contributed by atoms with Crippen LogP contribution in [0.2, 0.25) is 0 Å². The van der Waals surface area contributed by atoms with E-state index in [9.17, 15) is 19.0 Å². The van der Waals surface area contributed by atoms with Crippen LogP contribution in [0.4, 0.5) is 8.78 Å². The van der Waals surface area contributed by atoms with Crippen molar-refractivity contribution in [1.82, 2.24) is 0 Å². The molecule has 2 N–H and O–H groups in total. The molecule has 0 amide bonds. The van der Waals surface area contributed by atoms with Gasteiger partial charge in [-0.15, -0.1) is 0 Å². The van der Waals surface area contributed by atoms with Crippen molar-refractivity contribution in [3.05, 3.63) is 106 Å². The standard InChI is InChI=1S/C34H32F2O6/c1-17-13-23-24(15-26(37)32(38)31(23)34(42-17)20-7-11-22(36)12-8-20)29-25-14-18(2)41-33(19-5-9-21(35)10-6-19)30(25)28(40-4)16-27(29)39-3/h5-12,15-18,33-34,37-38H,13-14H2,1-4H3/t17?,18-,33+,34-/m0/s1. The van der Waals surface area contributed by atoms with Gasteiger partial charge in [0.2, 0.25) is 0 Å². The maximum absolute atomic E-state index is 13.8. The van der Waals surface area contributed by atoms with Gasteiger partial charge in [-0.2, -0.15) is 0 Å². The van der Waals surface area contributed by atoms with Crippen molar-refractivity contribution in [3.8, 4) is 34.1 Å². The Balaban J connectivity index is 1.64. The fourth-order valence-corrected chi connectivity index (χ4v) is 6.31. The van der Waals surface area contributed by atoms with Gasteiger partial charge in [0.05, 0.1) is 26.4 Å². The number of ether oxygens (including phenoxy) is 4. The molecule has 218 valence electrons. The number of phenols is 2. The zero-order chi connectivity index (χ0) is 29.7. The van der Waals surface area contributed by atoms with Crippen LogP contribution in [0, 0.1) is 11.6 Å². The maximum atomic E-state index is 13.8. The van der Waals surface area contributed by atoms with E-state index in [1.807, 2.05) is 13.8 Å². The lowest BCUT2D eigenvalue weighted by molar-refractivity contribution is 0.00515. The Morgan fingerprint density at radius 2 is 1.19 bits per heavy atom. The van der Waals surface area contributed by atoms with Gasteiger partial charge in [0.1, 0.15) is 35.3 Å². The summed E-state index contributed by atoms with van der Waals surface area (Å²) in [6.45, 7) is 3.91. The van der Waals surface area contributed by atoms with Crippen LogP contribution in [0.25, 0.3) is 11.1 Å². The van der Waals surface area contributed by atoms with E-state index in [0.29, 0.717) is 41.0 Å². The van der Waals surface area contributed by atoms with Crippen LogP contribution in [0.1, 0.15) is 59.4 Å². The number of phenolic OH excluding ortho intramolecular Hbond substituents is 2. The molecule has 0 aliphatic carbocycles. The molecule has 0 spiro atoms. The first-order valence-electron chi connectivity index (χ1n) is 13.9. The van der Waals surface area contributed by atoms with Gasteiger partial charge < -0.3 is 29.2 Å². The third kappa shape index (κ3) is 4.74. The van der Waals surface area contributed by atoms with Crippen LogP contribution in [0.15, 0.2) is 60.7 Å². The third-order valence-corrected chi connectivity index (χ3v) is 8.13. The third-order valence-electron chi connectivity index (χ3n) is 8.13. The van der Waals surface area contributed by atoms with Crippen LogP contribution < -0.4 is 9.47 Å². The summed E-state index contributed by atoms with van der Waals surface area (Å²) in [4.78, 5) is 0. The van der Waals surface area contributed by atoms with Gasteiger partial charge in [-0.1, -0.05) is 24.3 Å². The summed E-state index contributed by atoms with van der Waals surface area (Å²) in [5, 5.41) is 22.3. The molecule has 6 rings (SSSR count). The summed E-state index contributed by atoms with van der Waals surface area (Å²) in [7, 11) is 3.15. The molecule has 0 saturated heterocycles. The number of hydrogen-bond acceptors (Lipinski definition) is 6. The van der Waals surface area contributed by atoms with E-state index >= 15 is 0 Å². The van der Waals surface area contributed by atoms with E-state index in [1.54, 1.807) is 50.6 Å². The summed E-state index contributed by atoms with van der Waals surface area (Å²) >= 11 is 0. The smallest absolute Gasteiger partial charge is 0.164 e. The number of methoxy groups -OCH3 is 2. The van der Waals surface area contributed by atoms with Gasteiger partial charge in [0.15, 0.2) is 11.5 Å². The highest BCUT2D eigenvalue weighted by atomic mass is 19.1. The minimum absolute atomic E-state index is 0.209. The molecule has 8 heteroatoms. The molecule has 0 aromatic heterocycles. The van der Waals surface area contributed by atoms with Gasteiger partial charge in [-0.25, -0.2) is 8.78 Å². The first-order valence-corrected chi connectivity index (χ1v) is 13.9. The molecule has 0 radical (unpaired) electrons. The van der Waals surface area contributed by atoms with Crippen LogP contribution in [0.5, 0.6) is 23.0 Å². The summed E-state index contributed by atoms with van der Waals surface area (Å²) in [5.74, 6) is -0.228. The van der Waals surface area contributed by atoms with Gasteiger partial charge >= 0.3 is 0 Å². The normalized spacial score (nSPS) is 21.4. The fraction of sp³-hybridized carbons (Fsp3) is 0.294. The molecule has 2 aliphatic heterocycles. The Labute approximate surface area is 243 Å². The lowest BCUT2D eigenvalue weighted by atomic mass is 9.79. The van der Waals surface area contributed by atoms with E-state index in [4.69, 9.17) is 18.9 Å². The van der Waals surface area contributed by atoms with E-state index in [-0.39, 0.29) is 35.3 Å². The first kappa shape index (κ1) is 28.0. The molecule has 1 unspecified atom stereocenters. The van der Waals surface area contributed by atoms with Crippen LogP contribution in [-0.2, 0) is 22.3 Å². The van der Waals surface area contributed by atoms with Crippen molar-refractivity contribution in [3.63, 3.8) is 0 Å². The molecule has 2 heterocycles. The average molecular weight is 575 g/mol. The second-order valence-electron chi connectivity index (χ2n) is 10.9. The summed E-state index contributed by atoms with van der Waals surface area (Å²) in [6.07, 6.45) is -0.763. The predicted octanol–water partition coefficient (Wildman–Crippen LogP) is 7.16. The molecule has 0 saturated carbocycles. The number of hydrogen-bond donors (Lipinski definition) is 2. The number of rotatable bonds is 5. The van der Waals surface area contributed by atoms with Crippen LogP contribution in [-0.4, -0.2) is 36.6 Å². The zero-order valence-electron chi connectivity index (χ0n) is 23.8. The topological polar surface area (TPSA) is 77.4 Å². The van der Waals surface area contributed by atoms with Crippen molar-refractivity contribution in [2.24, 2.45) is 0 Å². The average Bonchev–Trinajstić information content (AvgIpc) is 2.98. The molecular formula is C34H32F2O6. The first-order chi connectivity index (χ1) is 20.2. The molecule has 4 atom stereocenters.